The Bertz CT molecular complexity index is 568. The number of hydrogen-bond donors (Lipinski definition) is 1. The molecule has 2 rings (SSSR count). The fraction of sp³-hybridized carbons (Fsp3) is 0.308. The van der Waals surface area contributed by atoms with Gasteiger partial charge < -0.3 is 14.5 Å². The number of carbonyl (C=O) groups is 1. The molecule has 0 spiro atoms. The third-order valence-electron chi connectivity index (χ3n) is 2.42. The number of carbonyl (C=O) groups excluding carboxylic acids is 1. The number of nitrogens with zero attached hydrogens (tertiary/aromatic N) is 2. The minimum absolute atomic E-state index is 0.0872. The number of ether oxygens (including phenoxy) is 1. The molecule has 0 aliphatic rings. The molecule has 2 aromatic rings. The smallest absolute Gasteiger partial charge is 0.277 e. The van der Waals surface area contributed by atoms with Gasteiger partial charge in [-0.3, -0.25) is 4.79 Å². The van der Waals surface area contributed by atoms with Gasteiger partial charge in [0.15, 0.2) is 0 Å². The standard InChI is InChI=1S/C13H15N3O3S/c1-3-18-10-6-4-9(5-7-10)12-15-16-13(19-12)20-8-11(17)14-2/h4-7H,3,8H2,1-2H3,(H,14,17). The van der Waals surface area contributed by atoms with Crippen LogP contribution in [0.5, 0.6) is 5.75 Å². The van der Waals surface area contributed by atoms with E-state index in [9.17, 15) is 4.79 Å². The van der Waals surface area contributed by atoms with Crippen LogP contribution in [0.4, 0.5) is 0 Å². The van der Waals surface area contributed by atoms with Gasteiger partial charge in [0.1, 0.15) is 5.75 Å². The van der Waals surface area contributed by atoms with Gasteiger partial charge in [0.05, 0.1) is 12.4 Å². The Hall–Kier alpha value is -2.02. The van der Waals surface area contributed by atoms with Gasteiger partial charge in [0.25, 0.3) is 5.22 Å². The predicted molar refractivity (Wildman–Crippen MR) is 75.7 cm³/mol. The summed E-state index contributed by atoms with van der Waals surface area (Å²) >= 11 is 1.20. The maximum absolute atomic E-state index is 11.1. The van der Waals surface area contributed by atoms with E-state index in [1.54, 1.807) is 7.05 Å². The molecular formula is C13H15N3O3S. The summed E-state index contributed by atoms with van der Waals surface area (Å²) in [4.78, 5) is 11.1. The number of aromatic nitrogens is 2. The summed E-state index contributed by atoms with van der Waals surface area (Å²) in [6.07, 6.45) is 0. The summed E-state index contributed by atoms with van der Waals surface area (Å²) < 4.78 is 10.8. The van der Waals surface area contributed by atoms with Crippen LogP contribution in [0.2, 0.25) is 0 Å². The van der Waals surface area contributed by atoms with Gasteiger partial charge in [0, 0.05) is 12.6 Å². The van der Waals surface area contributed by atoms with E-state index in [1.165, 1.54) is 11.8 Å². The van der Waals surface area contributed by atoms with E-state index in [0.29, 0.717) is 17.7 Å². The van der Waals surface area contributed by atoms with E-state index in [2.05, 4.69) is 15.5 Å². The number of benzene rings is 1. The molecule has 0 unspecified atom stereocenters. The lowest BCUT2D eigenvalue weighted by Crippen LogP contribution is -2.19. The SMILES string of the molecule is CCOc1ccc(-c2nnc(SCC(=O)NC)o2)cc1. The first-order valence-electron chi connectivity index (χ1n) is 6.13. The molecule has 1 N–H and O–H groups in total. The molecule has 0 radical (unpaired) electrons. The van der Waals surface area contributed by atoms with Crippen molar-refractivity contribution in [3.05, 3.63) is 24.3 Å². The monoisotopic (exact) mass is 293 g/mol. The van der Waals surface area contributed by atoms with Crippen LogP contribution in [-0.4, -0.2) is 35.5 Å². The molecular weight excluding hydrogens is 278 g/mol. The molecule has 1 amide bonds. The molecule has 6 nitrogen and oxygen atoms in total. The molecule has 0 aliphatic carbocycles. The summed E-state index contributed by atoms with van der Waals surface area (Å²) in [7, 11) is 1.59. The third-order valence-corrected chi connectivity index (χ3v) is 3.24. The number of thioether (sulfide) groups is 1. The highest BCUT2D eigenvalue weighted by Gasteiger charge is 2.10. The molecule has 1 heterocycles. The minimum Gasteiger partial charge on any atom is -0.494 e. The molecule has 0 fully saturated rings. The molecule has 20 heavy (non-hydrogen) atoms. The van der Waals surface area contributed by atoms with E-state index >= 15 is 0 Å². The number of rotatable bonds is 6. The van der Waals surface area contributed by atoms with Crippen molar-refractivity contribution in [2.24, 2.45) is 0 Å². The highest BCUT2D eigenvalue weighted by molar-refractivity contribution is 7.99. The molecule has 0 atom stereocenters. The zero-order chi connectivity index (χ0) is 14.4. The Kier molecular flexibility index (Phi) is 5.00. The van der Waals surface area contributed by atoms with Gasteiger partial charge in [0.2, 0.25) is 11.8 Å². The van der Waals surface area contributed by atoms with Gasteiger partial charge in [-0.25, -0.2) is 0 Å². The fourth-order valence-electron chi connectivity index (χ4n) is 1.44. The normalized spacial score (nSPS) is 10.3. The summed E-state index contributed by atoms with van der Waals surface area (Å²) in [5.41, 5.74) is 0.813. The Labute approximate surface area is 120 Å². The predicted octanol–water partition coefficient (Wildman–Crippen LogP) is 1.97. The third kappa shape index (κ3) is 3.74. The second-order valence-corrected chi connectivity index (χ2v) is 4.72. The highest BCUT2D eigenvalue weighted by Crippen LogP contribution is 2.24. The molecule has 0 saturated heterocycles. The van der Waals surface area contributed by atoms with E-state index in [-0.39, 0.29) is 11.7 Å². The van der Waals surface area contributed by atoms with Crippen molar-refractivity contribution in [3.63, 3.8) is 0 Å². The van der Waals surface area contributed by atoms with Crippen LogP contribution in [0.1, 0.15) is 6.92 Å². The molecule has 7 heteroatoms. The average molecular weight is 293 g/mol. The molecule has 1 aromatic heterocycles. The van der Waals surface area contributed by atoms with Gasteiger partial charge in [-0.05, 0) is 31.2 Å². The first-order valence-corrected chi connectivity index (χ1v) is 7.11. The van der Waals surface area contributed by atoms with Crippen LogP contribution in [0, 0.1) is 0 Å². The lowest BCUT2D eigenvalue weighted by molar-refractivity contribution is -0.118. The van der Waals surface area contributed by atoms with Crippen molar-refractivity contribution >= 4 is 17.7 Å². The number of hydrogen-bond acceptors (Lipinski definition) is 6. The highest BCUT2D eigenvalue weighted by atomic mass is 32.2. The lowest BCUT2D eigenvalue weighted by Gasteiger charge is -2.02. The zero-order valence-corrected chi connectivity index (χ0v) is 12.1. The van der Waals surface area contributed by atoms with Gasteiger partial charge in [-0.2, -0.15) is 0 Å². The molecule has 0 bridgehead atoms. The van der Waals surface area contributed by atoms with Crippen LogP contribution in [-0.2, 0) is 4.79 Å². The summed E-state index contributed by atoms with van der Waals surface area (Å²) in [5.74, 6) is 1.38. The minimum atomic E-state index is -0.0872. The van der Waals surface area contributed by atoms with Crippen molar-refractivity contribution in [2.45, 2.75) is 12.1 Å². The molecule has 1 aromatic carbocycles. The van der Waals surface area contributed by atoms with Crippen LogP contribution in [0.15, 0.2) is 33.9 Å². The van der Waals surface area contributed by atoms with E-state index < -0.39 is 0 Å². The molecule has 0 saturated carbocycles. The molecule has 106 valence electrons. The van der Waals surface area contributed by atoms with Crippen LogP contribution in [0.25, 0.3) is 11.5 Å². The topological polar surface area (TPSA) is 77.2 Å². The van der Waals surface area contributed by atoms with Gasteiger partial charge in [-0.15, -0.1) is 10.2 Å². The van der Waals surface area contributed by atoms with E-state index in [0.717, 1.165) is 11.3 Å². The van der Waals surface area contributed by atoms with Gasteiger partial charge in [-0.1, -0.05) is 11.8 Å². The Morgan fingerprint density at radius 1 is 1.35 bits per heavy atom. The summed E-state index contributed by atoms with van der Waals surface area (Å²) in [6, 6.07) is 7.40. The summed E-state index contributed by atoms with van der Waals surface area (Å²) in [5, 5.41) is 10.7. The summed E-state index contributed by atoms with van der Waals surface area (Å²) in [6.45, 7) is 2.56. The van der Waals surface area contributed by atoms with Crippen LogP contribution < -0.4 is 10.1 Å². The van der Waals surface area contributed by atoms with Crippen molar-refractivity contribution < 1.29 is 13.9 Å². The number of nitrogens with one attached hydrogen (secondary N) is 1. The van der Waals surface area contributed by atoms with Crippen molar-refractivity contribution in [3.8, 4) is 17.2 Å². The largest absolute Gasteiger partial charge is 0.494 e. The average Bonchev–Trinajstić information content (AvgIpc) is 2.95. The second-order valence-electron chi connectivity index (χ2n) is 3.79. The fourth-order valence-corrected chi connectivity index (χ4v) is 2.08. The lowest BCUT2D eigenvalue weighted by atomic mass is 10.2. The Morgan fingerprint density at radius 3 is 2.75 bits per heavy atom. The first kappa shape index (κ1) is 14.4. The van der Waals surface area contributed by atoms with Crippen molar-refractivity contribution in [1.82, 2.24) is 15.5 Å². The quantitative estimate of drug-likeness (QED) is 0.821. The molecule has 0 aliphatic heterocycles. The van der Waals surface area contributed by atoms with Crippen molar-refractivity contribution in [2.75, 3.05) is 19.4 Å². The maximum atomic E-state index is 11.1. The van der Waals surface area contributed by atoms with Crippen molar-refractivity contribution in [1.29, 1.82) is 0 Å². The first-order chi connectivity index (χ1) is 9.72. The van der Waals surface area contributed by atoms with Crippen LogP contribution in [0.3, 0.4) is 0 Å². The van der Waals surface area contributed by atoms with E-state index in [1.807, 2.05) is 31.2 Å². The van der Waals surface area contributed by atoms with Crippen LogP contribution >= 0.6 is 11.8 Å². The van der Waals surface area contributed by atoms with Gasteiger partial charge >= 0.3 is 0 Å². The Balaban J connectivity index is 2.02. The maximum Gasteiger partial charge on any atom is 0.277 e. The van der Waals surface area contributed by atoms with E-state index in [4.69, 9.17) is 9.15 Å². The second kappa shape index (κ2) is 6.95. The zero-order valence-electron chi connectivity index (χ0n) is 11.3. The number of amides is 1. The Morgan fingerprint density at radius 2 is 2.10 bits per heavy atom.